The minimum Gasteiger partial charge on any atom is -0.384 e. The van der Waals surface area contributed by atoms with E-state index in [1.54, 1.807) is 7.11 Å². The van der Waals surface area contributed by atoms with Gasteiger partial charge in [0.2, 0.25) is 5.82 Å². The maximum atomic E-state index is 5.49. The molecule has 20 heavy (non-hydrogen) atoms. The van der Waals surface area contributed by atoms with Crippen LogP contribution in [0.4, 0.5) is 5.69 Å². The van der Waals surface area contributed by atoms with Gasteiger partial charge in [0.15, 0.2) is 0 Å². The lowest BCUT2D eigenvalue weighted by Crippen LogP contribution is -2.05. The summed E-state index contributed by atoms with van der Waals surface area (Å²) in [7, 11) is 1.71. The Balaban J connectivity index is 1.64. The van der Waals surface area contributed by atoms with Crippen LogP contribution in [0.2, 0.25) is 0 Å². The third-order valence-electron chi connectivity index (χ3n) is 4.06. The zero-order chi connectivity index (χ0) is 13.5. The van der Waals surface area contributed by atoms with Crippen LogP contribution < -0.4 is 5.32 Å². The van der Waals surface area contributed by atoms with Gasteiger partial charge in [0.1, 0.15) is 6.10 Å². The first-order valence-corrected chi connectivity index (χ1v) is 7.09. The van der Waals surface area contributed by atoms with Crippen molar-refractivity contribution in [3.05, 3.63) is 29.6 Å². The summed E-state index contributed by atoms with van der Waals surface area (Å²) in [6.45, 7) is 1.00. The highest BCUT2D eigenvalue weighted by Crippen LogP contribution is 2.42. The highest BCUT2D eigenvalue weighted by atomic mass is 16.5. The Hall–Kier alpha value is -1.88. The number of nitrogens with zero attached hydrogens (tertiary/aromatic N) is 2. The van der Waals surface area contributed by atoms with Crippen LogP contribution in [0.1, 0.15) is 30.3 Å². The zero-order valence-corrected chi connectivity index (χ0v) is 11.4. The number of methoxy groups -OCH3 is 1. The summed E-state index contributed by atoms with van der Waals surface area (Å²) in [5.74, 6) is 1.80. The molecule has 1 aliphatic carbocycles. The van der Waals surface area contributed by atoms with Crippen molar-refractivity contribution in [3.63, 3.8) is 0 Å². The lowest BCUT2D eigenvalue weighted by atomic mass is 10.1. The van der Waals surface area contributed by atoms with Gasteiger partial charge < -0.3 is 14.6 Å². The molecule has 0 bridgehead atoms. The van der Waals surface area contributed by atoms with E-state index in [4.69, 9.17) is 9.26 Å². The summed E-state index contributed by atoms with van der Waals surface area (Å²) < 4.78 is 10.9. The quantitative estimate of drug-likeness (QED) is 0.926. The summed E-state index contributed by atoms with van der Waals surface area (Å²) in [5, 5.41) is 7.44. The van der Waals surface area contributed by atoms with Crippen LogP contribution in [0.3, 0.4) is 0 Å². The Bertz CT molecular complexity index is 634. The number of benzene rings is 1. The number of hydrogen-bond donors (Lipinski definition) is 1. The number of aromatic nitrogens is 2. The summed E-state index contributed by atoms with van der Waals surface area (Å²) in [6, 6.07) is 6.23. The van der Waals surface area contributed by atoms with Crippen molar-refractivity contribution in [3.8, 4) is 11.5 Å². The summed E-state index contributed by atoms with van der Waals surface area (Å²) in [5.41, 5.74) is 3.51. The van der Waals surface area contributed by atoms with Gasteiger partial charge in [0.25, 0.3) is 5.89 Å². The van der Waals surface area contributed by atoms with Crippen molar-refractivity contribution in [2.45, 2.75) is 25.4 Å². The molecule has 4 rings (SSSR count). The molecule has 1 saturated carbocycles. The Labute approximate surface area is 117 Å². The van der Waals surface area contributed by atoms with Gasteiger partial charge >= 0.3 is 0 Å². The minimum absolute atomic E-state index is 0.0245. The first kappa shape index (κ1) is 11.9. The zero-order valence-electron chi connectivity index (χ0n) is 11.4. The highest BCUT2D eigenvalue weighted by molar-refractivity contribution is 5.64. The minimum atomic E-state index is -0.0245. The van der Waals surface area contributed by atoms with E-state index in [0.717, 1.165) is 18.5 Å². The third kappa shape index (κ3) is 1.98. The topological polar surface area (TPSA) is 60.2 Å². The molecule has 1 aromatic carbocycles. The second-order valence-electron chi connectivity index (χ2n) is 5.50. The monoisotopic (exact) mass is 271 g/mol. The Morgan fingerprint density at radius 3 is 3.10 bits per heavy atom. The molecular formula is C15H17N3O2. The van der Waals surface area contributed by atoms with Crippen molar-refractivity contribution in [1.29, 1.82) is 0 Å². The molecule has 1 aromatic heterocycles. The van der Waals surface area contributed by atoms with Crippen LogP contribution in [0.25, 0.3) is 11.5 Å². The molecular weight excluding hydrogens is 254 g/mol. The van der Waals surface area contributed by atoms with E-state index < -0.39 is 0 Å². The molecule has 0 saturated heterocycles. The van der Waals surface area contributed by atoms with Crippen molar-refractivity contribution in [2.75, 3.05) is 19.0 Å². The number of rotatable bonds is 4. The van der Waals surface area contributed by atoms with Crippen molar-refractivity contribution < 1.29 is 9.26 Å². The molecule has 1 fully saturated rings. The lowest BCUT2D eigenvalue weighted by Gasteiger charge is -2.08. The molecule has 0 radical (unpaired) electrons. The number of ether oxygens (including phenoxy) is 1. The molecule has 1 atom stereocenters. The summed E-state index contributed by atoms with van der Waals surface area (Å²) in [6.07, 6.45) is 3.40. The molecule has 104 valence electrons. The highest BCUT2D eigenvalue weighted by Gasteiger charge is 2.35. The number of fused-ring (bicyclic) bond motifs is 1. The van der Waals surface area contributed by atoms with Crippen LogP contribution in [0.15, 0.2) is 22.7 Å². The average Bonchev–Trinajstić information content (AvgIpc) is 3.01. The second kappa shape index (κ2) is 4.59. The number of nitrogens with one attached hydrogen (secondary N) is 1. The second-order valence-corrected chi connectivity index (χ2v) is 5.50. The van der Waals surface area contributed by atoms with Crippen LogP contribution >= 0.6 is 0 Å². The van der Waals surface area contributed by atoms with Gasteiger partial charge in [-0.15, -0.1) is 0 Å². The molecule has 1 unspecified atom stereocenters. The molecule has 5 nitrogen and oxygen atoms in total. The van der Waals surface area contributed by atoms with E-state index in [-0.39, 0.29) is 6.10 Å². The van der Waals surface area contributed by atoms with Crippen LogP contribution in [0, 0.1) is 5.92 Å². The van der Waals surface area contributed by atoms with Crippen molar-refractivity contribution >= 4 is 5.69 Å². The normalized spacial score (nSPS) is 18.6. The Morgan fingerprint density at radius 1 is 1.40 bits per heavy atom. The number of anilines is 1. The fraction of sp³-hybridized carbons (Fsp3) is 0.467. The van der Waals surface area contributed by atoms with Gasteiger partial charge in [-0.25, -0.2) is 0 Å². The fourth-order valence-electron chi connectivity index (χ4n) is 2.81. The average molecular weight is 271 g/mol. The molecule has 0 spiro atoms. The van der Waals surface area contributed by atoms with Crippen molar-refractivity contribution in [1.82, 2.24) is 10.1 Å². The van der Waals surface area contributed by atoms with E-state index >= 15 is 0 Å². The van der Waals surface area contributed by atoms with Gasteiger partial charge in [-0.2, -0.15) is 4.98 Å². The maximum absolute atomic E-state index is 5.49. The third-order valence-corrected chi connectivity index (χ3v) is 4.06. The smallest absolute Gasteiger partial charge is 0.258 e. The molecule has 5 heteroatoms. The van der Waals surface area contributed by atoms with Crippen LogP contribution in [-0.4, -0.2) is 23.8 Å². The molecule has 2 heterocycles. The first-order valence-electron chi connectivity index (χ1n) is 7.09. The van der Waals surface area contributed by atoms with Gasteiger partial charge in [0, 0.05) is 24.9 Å². The lowest BCUT2D eigenvalue weighted by molar-refractivity contribution is 0.0751. The van der Waals surface area contributed by atoms with Crippen LogP contribution in [-0.2, 0) is 11.2 Å². The molecule has 2 aromatic rings. The largest absolute Gasteiger partial charge is 0.384 e. The maximum Gasteiger partial charge on any atom is 0.258 e. The van der Waals surface area contributed by atoms with Crippen molar-refractivity contribution in [2.24, 2.45) is 5.92 Å². The number of hydrogen-bond acceptors (Lipinski definition) is 5. The van der Waals surface area contributed by atoms with E-state index in [9.17, 15) is 0 Å². The molecule has 1 aliphatic heterocycles. The van der Waals surface area contributed by atoms with Gasteiger partial charge in [-0.1, -0.05) is 5.16 Å². The SMILES string of the molecule is COC(c1noc(-c2ccc3c(c2)CCN3)n1)C1CC1. The molecule has 0 amide bonds. The van der Waals surface area contributed by atoms with Gasteiger partial charge in [-0.3, -0.25) is 0 Å². The molecule has 2 aliphatic rings. The van der Waals surface area contributed by atoms with E-state index in [1.807, 2.05) is 6.07 Å². The van der Waals surface area contributed by atoms with E-state index in [1.165, 1.54) is 24.1 Å². The van der Waals surface area contributed by atoms with Gasteiger partial charge in [-0.05, 0) is 48.9 Å². The fourth-order valence-corrected chi connectivity index (χ4v) is 2.81. The first-order chi connectivity index (χ1) is 9.85. The molecule has 1 N–H and O–H groups in total. The summed E-state index contributed by atoms with van der Waals surface area (Å²) >= 11 is 0. The van der Waals surface area contributed by atoms with Gasteiger partial charge in [0.05, 0.1) is 0 Å². The van der Waals surface area contributed by atoms with E-state index in [0.29, 0.717) is 17.6 Å². The predicted octanol–water partition coefficient (Wildman–Crippen LogP) is 2.80. The standard InChI is InChI=1S/C15H17N3O2/c1-19-13(9-2-3-9)14-17-15(20-18-14)11-4-5-12-10(8-11)6-7-16-12/h4-5,8-9,13,16H,2-3,6-7H2,1H3. The predicted molar refractivity (Wildman–Crippen MR) is 74.4 cm³/mol. The Morgan fingerprint density at radius 2 is 2.30 bits per heavy atom. The van der Waals surface area contributed by atoms with E-state index in [2.05, 4.69) is 27.6 Å². The summed E-state index contributed by atoms with van der Waals surface area (Å²) in [4.78, 5) is 4.52. The van der Waals surface area contributed by atoms with Crippen LogP contribution in [0.5, 0.6) is 0 Å². The Kier molecular flexibility index (Phi) is 2.73.